The molecule has 3 aromatic rings. The van der Waals surface area contributed by atoms with Crippen LogP contribution in [-0.4, -0.2) is 36.4 Å². The molecule has 0 aliphatic carbocycles. The van der Waals surface area contributed by atoms with Crippen LogP contribution in [0.5, 0.6) is 0 Å². The third kappa shape index (κ3) is 3.31. The van der Waals surface area contributed by atoms with Gasteiger partial charge in [-0.1, -0.05) is 30.3 Å². The van der Waals surface area contributed by atoms with E-state index in [1.54, 1.807) is 0 Å². The third-order valence-corrected chi connectivity index (χ3v) is 4.26. The topological polar surface area (TPSA) is 54.2 Å². The van der Waals surface area contributed by atoms with Gasteiger partial charge in [0.15, 0.2) is 0 Å². The Morgan fingerprint density at radius 2 is 1.67 bits per heavy atom. The Kier molecular flexibility index (Phi) is 4.25. The molecule has 1 aromatic heterocycles. The van der Waals surface area contributed by atoms with E-state index in [2.05, 4.69) is 56.8 Å². The van der Waals surface area contributed by atoms with Crippen molar-refractivity contribution in [1.82, 2.24) is 15.5 Å². The first-order chi connectivity index (χ1) is 11.9. The molecule has 1 N–H and O–H groups in total. The minimum absolute atomic E-state index is 0.577. The fourth-order valence-corrected chi connectivity index (χ4v) is 2.95. The summed E-state index contributed by atoms with van der Waals surface area (Å²) in [4.78, 5) is 2.38. The van der Waals surface area contributed by atoms with E-state index in [9.17, 15) is 0 Å². The number of hydrogen-bond acceptors (Lipinski definition) is 5. The first kappa shape index (κ1) is 14.9. The van der Waals surface area contributed by atoms with Gasteiger partial charge in [0.2, 0.25) is 11.8 Å². The molecule has 1 saturated heterocycles. The Labute approximate surface area is 141 Å². The fraction of sp³-hybridized carbons (Fsp3) is 0.263. The quantitative estimate of drug-likeness (QED) is 0.801. The van der Waals surface area contributed by atoms with Gasteiger partial charge in [-0.2, -0.15) is 0 Å². The second-order valence-corrected chi connectivity index (χ2v) is 5.95. The SMILES string of the molecule is c1ccc(Cc2nnc(-c3ccc(N4CCNCC4)cc3)o2)cc1. The maximum atomic E-state index is 5.81. The van der Waals surface area contributed by atoms with Gasteiger partial charge in [-0.3, -0.25) is 0 Å². The van der Waals surface area contributed by atoms with Crippen LogP contribution in [0.1, 0.15) is 11.5 Å². The molecule has 2 heterocycles. The van der Waals surface area contributed by atoms with Gasteiger partial charge < -0.3 is 14.6 Å². The molecular formula is C19H20N4O. The summed E-state index contributed by atoms with van der Waals surface area (Å²) in [5.74, 6) is 1.22. The molecule has 24 heavy (non-hydrogen) atoms. The summed E-state index contributed by atoms with van der Waals surface area (Å²) in [5.41, 5.74) is 3.37. The fourth-order valence-electron chi connectivity index (χ4n) is 2.95. The first-order valence-electron chi connectivity index (χ1n) is 8.31. The molecule has 0 amide bonds. The van der Waals surface area contributed by atoms with Crippen LogP contribution in [0.4, 0.5) is 5.69 Å². The smallest absolute Gasteiger partial charge is 0.247 e. The molecule has 0 bridgehead atoms. The van der Waals surface area contributed by atoms with Gasteiger partial charge >= 0.3 is 0 Å². The van der Waals surface area contributed by atoms with E-state index < -0.39 is 0 Å². The van der Waals surface area contributed by atoms with E-state index in [-0.39, 0.29) is 0 Å². The lowest BCUT2D eigenvalue weighted by Crippen LogP contribution is -2.43. The van der Waals surface area contributed by atoms with Gasteiger partial charge in [0.05, 0.1) is 6.42 Å². The molecule has 0 radical (unpaired) electrons. The minimum Gasteiger partial charge on any atom is -0.420 e. The normalized spacial score (nSPS) is 14.8. The van der Waals surface area contributed by atoms with Gasteiger partial charge in [-0.25, -0.2) is 0 Å². The third-order valence-electron chi connectivity index (χ3n) is 4.26. The zero-order chi connectivity index (χ0) is 16.2. The van der Waals surface area contributed by atoms with Crippen molar-refractivity contribution >= 4 is 5.69 Å². The van der Waals surface area contributed by atoms with Gasteiger partial charge in [0.25, 0.3) is 0 Å². The monoisotopic (exact) mass is 320 g/mol. The van der Waals surface area contributed by atoms with Gasteiger partial charge in [-0.15, -0.1) is 10.2 Å². The van der Waals surface area contributed by atoms with E-state index >= 15 is 0 Å². The molecule has 122 valence electrons. The van der Waals surface area contributed by atoms with Gasteiger partial charge in [0, 0.05) is 37.4 Å². The second-order valence-electron chi connectivity index (χ2n) is 5.95. The van der Waals surface area contributed by atoms with Crippen LogP contribution in [0.15, 0.2) is 59.0 Å². The van der Waals surface area contributed by atoms with Crippen LogP contribution in [-0.2, 0) is 6.42 Å². The summed E-state index contributed by atoms with van der Waals surface area (Å²) in [6.07, 6.45) is 0.659. The minimum atomic E-state index is 0.577. The largest absolute Gasteiger partial charge is 0.420 e. The Hall–Kier alpha value is -2.66. The predicted octanol–water partition coefficient (Wildman–Crippen LogP) is 2.74. The lowest BCUT2D eigenvalue weighted by Gasteiger charge is -2.29. The van der Waals surface area contributed by atoms with E-state index in [0.717, 1.165) is 31.7 Å². The predicted molar refractivity (Wildman–Crippen MR) is 94.1 cm³/mol. The van der Waals surface area contributed by atoms with Crippen LogP contribution in [0.25, 0.3) is 11.5 Å². The Morgan fingerprint density at radius 3 is 2.42 bits per heavy atom. The van der Waals surface area contributed by atoms with Crippen molar-refractivity contribution in [3.05, 3.63) is 66.1 Å². The van der Waals surface area contributed by atoms with Crippen molar-refractivity contribution in [3.63, 3.8) is 0 Å². The molecule has 5 nitrogen and oxygen atoms in total. The molecular weight excluding hydrogens is 300 g/mol. The van der Waals surface area contributed by atoms with E-state index in [0.29, 0.717) is 18.2 Å². The molecule has 0 spiro atoms. The summed E-state index contributed by atoms with van der Waals surface area (Å²) in [7, 11) is 0. The highest BCUT2D eigenvalue weighted by molar-refractivity contribution is 5.59. The average Bonchev–Trinajstić information content (AvgIpc) is 3.12. The molecule has 0 atom stereocenters. The molecule has 0 unspecified atom stereocenters. The number of nitrogens with one attached hydrogen (secondary N) is 1. The summed E-state index contributed by atoms with van der Waals surface area (Å²) in [6, 6.07) is 18.5. The second kappa shape index (κ2) is 6.84. The number of piperazine rings is 1. The number of aromatic nitrogens is 2. The molecule has 1 aliphatic rings. The molecule has 1 aliphatic heterocycles. The summed E-state index contributed by atoms with van der Waals surface area (Å²) in [5, 5.41) is 11.7. The zero-order valence-electron chi connectivity index (χ0n) is 13.5. The molecule has 1 fully saturated rings. The number of anilines is 1. The summed E-state index contributed by atoms with van der Waals surface area (Å²) < 4.78 is 5.81. The maximum Gasteiger partial charge on any atom is 0.247 e. The van der Waals surface area contributed by atoms with Crippen molar-refractivity contribution in [2.45, 2.75) is 6.42 Å². The van der Waals surface area contributed by atoms with Crippen molar-refractivity contribution in [2.24, 2.45) is 0 Å². The van der Waals surface area contributed by atoms with Crippen LogP contribution in [0, 0.1) is 0 Å². The lowest BCUT2D eigenvalue weighted by molar-refractivity contribution is 0.518. The molecule has 2 aromatic carbocycles. The van der Waals surface area contributed by atoms with E-state index in [4.69, 9.17) is 4.42 Å². The van der Waals surface area contributed by atoms with Crippen LogP contribution < -0.4 is 10.2 Å². The highest BCUT2D eigenvalue weighted by Gasteiger charge is 2.12. The van der Waals surface area contributed by atoms with Gasteiger partial charge in [0.1, 0.15) is 0 Å². The van der Waals surface area contributed by atoms with Crippen LogP contribution in [0.2, 0.25) is 0 Å². The van der Waals surface area contributed by atoms with E-state index in [1.165, 1.54) is 11.3 Å². The number of nitrogens with zero attached hydrogens (tertiary/aromatic N) is 3. The van der Waals surface area contributed by atoms with Crippen molar-refractivity contribution < 1.29 is 4.42 Å². The highest BCUT2D eigenvalue weighted by Crippen LogP contribution is 2.23. The van der Waals surface area contributed by atoms with Crippen molar-refractivity contribution in [3.8, 4) is 11.5 Å². The van der Waals surface area contributed by atoms with Crippen molar-refractivity contribution in [1.29, 1.82) is 0 Å². The number of benzene rings is 2. The average molecular weight is 320 g/mol. The molecule has 4 rings (SSSR count). The lowest BCUT2D eigenvalue weighted by atomic mass is 10.1. The number of hydrogen-bond donors (Lipinski definition) is 1. The molecule has 0 saturated carbocycles. The Bertz CT molecular complexity index is 777. The highest BCUT2D eigenvalue weighted by atomic mass is 16.4. The Morgan fingerprint density at radius 1 is 0.917 bits per heavy atom. The van der Waals surface area contributed by atoms with Crippen LogP contribution >= 0.6 is 0 Å². The zero-order valence-corrected chi connectivity index (χ0v) is 13.5. The summed E-state index contributed by atoms with van der Waals surface area (Å²) >= 11 is 0. The first-order valence-corrected chi connectivity index (χ1v) is 8.31. The standard InChI is InChI=1S/C19H20N4O/c1-2-4-15(5-3-1)14-18-21-22-19(24-18)16-6-8-17(9-7-16)23-12-10-20-11-13-23/h1-9,20H,10-14H2. The summed E-state index contributed by atoms with van der Waals surface area (Å²) in [6.45, 7) is 4.16. The number of rotatable bonds is 4. The Balaban J connectivity index is 1.48. The van der Waals surface area contributed by atoms with E-state index in [1.807, 2.05) is 18.2 Å². The van der Waals surface area contributed by atoms with Crippen LogP contribution in [0.3, 0.4) is 0 Å². The maximum absolute atomic E-state index is 5.81. The molecule has 5 heteroatoms. The van der Waals surface area contributed by atoms with Gasteiger partial charge in [-0.05, 0) is 29.8 Å². The van der Waals surface area contributed by atoms with Crippen molar-refractivity contribution in [2.75, 3.05) is 31.1 Å².